The van der Waals surface area contributed by atoms with Crippen LogP contribution in [0.1, 0.15) is 12.8 Å². The van der Waals surface area contributed by atoms with Crippen LogP contribution in [0.4, 0.5) is 0 Å². The summed E-state index contributed by atoms with van der Waals surface area (Å²) in [5.74, 6) is -0.268. The van der Waals surface area contributed by atoms with Gasteiger partial charge in [-0.05, 0) is 0 Å². The van der Waals surface area contributed by atoms with E-state index in [0.717, 1.165) is 0 Å². The Kier molecular flexibility index (Phi) is 3.24. The predicted octanol–water partition coefficient (Wildman–Crippen LogP) is 0.471. The van der Waals surface area contributed by atoms with Gasteiger partial charge in [0.1, 0.15) is 0 Å². The Morgan fingerprint density at radius 3 is 3.00 bits per heavy atom. The lowest BCUT2D eigenvalue weighted by Gasteiger charge is -2.26. The van der Waals surface area contributed by atoms with E-state index >= 15 is 0 Å². The molecule has 11 heavy (non-hydrogen) atoms. The third-order valence-electron chi connectivity index (χ3n) is 1.57. The standard InChI is InChI=1S/C6H11O4P/c1-8-6-3-4(10-11)2-5(7)9-6/h4,6H,2-3,11H2,1H3/t4?,6-/m0/s1. The molecule has 64 valence electrons. The van der Waals surface area contributed by atoms with Gasteiger partial charge in [-0.15, -0.1) is 0 Å². The monoisotopic (exact) mass is 178 g/mol. The van der Waals surface area contributed by atoms with Crippen molar-refractivity contribution in [2.24, 2.45) is 0 Å². The lowest BCUT2D eigenvalue weighted by Crippen LogP contribution is -2.33. The van der Waals surface area contributed by atoms with E-state index in [-0.39, 0.29) is 12.1 Å². The third kappa shape index (κ3) is 2.40. The lowest BCUT2D eigenvalue weighted by atomic mass is 10.1. The fourth-order valence-electron chi connectivity index (χ4n) is 0.975. The van der Waals surface area contributed by atoms with Crippen LogP contribution >= 0.6 is 9.47 Å². The molecule has 0 N–H and O–H groups in total. The van der Waals surface area contributed by atoms with Crippen molar-refractivity contribution in [3.8, 4) is 0 Å². The topological polar surface area (TPSA) is 44.8 Å². The minimum Gasteiger partial charge on any atom is -0.436 e. The minimum absolute atomic E-state index is 0.0915. The Bertz CT molecular complexity index is 136. The molecule has 1 aliphatic heterocycles. The van der Waals surface area contributed by atoms with Crippen molar-refractivity contribution >= 4 is 15.4 Å². The molecular formula is C6H11O4P. The van der Waals surface area contributed by atoms with Crippen LogP contribution in [0, 0.1) is 0 Å². The van der Waals surface area contributed by atoms with E-state index < -0.39 is 6.29 Å². The normalized spacial score (nSPS) is 31.6. The van der Waals surface area contributed by atoms with Crippen LogP contribution in [-0.4, -0.2) is 25.5 Å². The molecule has 2 unspecified atom stereocenters. The van der Waals surface area contributed by atoms with Gasteiger partial charge < -0.3 is 14.0 Å². The fraction of sp³-hybridized carbons (Fsp3) is 0.833. The van der Waals surface area contributed by atoms with Gasteiger partial charge in [0.25, 0.3) is 0 Å². The van der Waals surface area contributed by atoms with Crippen LogP contribution < -0.4 is 0 Å². The summed E-state index contributed by atoms with van der Waals surface area (Å²) in [5.41, 5.74) is 0. The number of esters is 1. The Morgan fingerprint density at radius 2 is 2.45 bits per heavy atom. The van der Waals surface area contributed by atoms with Crippen LogP contribution in [0.5, 0.6) is 0 Å². The summed E-state index contributed by atoms with van der Waals surface area (Å²) in [7, 11) is 3.64. The average molecular weight is 178 g/mol. The Labute approximate surface area is 67.5 Å². The second-order valence-electron chi connectivity index (χ2n) is 2.35. The summed E-state index contributed by atoms with van der Waals surface area (Å²) in [6.07, 6.45) is 0.378. The molecular weight excluding hydrogens is 167 g/mol. The van der Waals surface area contributed by atoms with Crippen molar-refractivity contribution in [3.05, 3.63) is 0 Å². The van der Waals surface area contributed by atoms with Gasteiger partial charge in [0, 0.05) is 23.0 Å². The SMILES string of the molecule is CO[C@@H]1CC(OP)CC(=O)O1. The van der Waals surface area contributed by atoms with Gasteiger partial charge in [0.2, 0.25) is 6.29 Å². The molecule has 0 aromatic heterocycles. The van der Waals surface area contributed by atoms with E-state index in [4.69, 9.17) is 14.0 Å². The zero-order valence-corrected chi connectivity index (χ0v) is 7.43. The highest BCUT2D eigenvalue weighted by Gasteiger charge is 2.28. The second-order valence-corrected chi connectivity index (χ2v) is 2.63. The second kappa shape index (κ2) is 4.00. The zero-order valence-electron chi connectivity index (χ0n) is 6.28. The number of rotatable bonds is 2. The van der Waals surface area contributed by atoms with Crippen molar-refractivity contribution in [3.63, 3.8) is 0 Å². The van der Waals surface area contributed by atoms with Crippen LogP contribution in [0.25, 0.3) is 0 Å². The molecule has 0 bridgehead atoms. The van der Waals surface area contributed by atoms with Crippen molar-refractivity contribution in [2.75, 3.05) is 7.11 Å². The van der Waals surface area contributed by atoms with E-state index in [1.807, 2.05) is 0 Å². The smallest absolute Gasteiger partial charge is 0.310 e. The molecule has 1 aliphatic rings. The Balaban J connectivity index is 2.43. The molecule has 0 spiro atoms. The number of cyclic esters (lactones) is 1. The maximum absolute atomic E-state index is 10.8. The number of carbonyl (C=O) groups excluding carboxylic acids is 1. The van der Waals surface area contributed by atoms with E-state index in [1.54, 1.807) is 0 Å². The van der Waals surface area contributed by atoms with E-state index in [9.17, 15) is 4.79 Å². The van der Waals surface area contributed by atoms with Crippen molar-refractivity contribution in [2.45, 2.75) is 25.2 Å². The molecule has 5 heteroatoms. The molecule has 1 heterocycles. The van der Waals surface area contributed by atoms with E-state index in [0.29, 0.717) is 12.8 Å². The Hall–Kier alpha value is -0.180. The molecule has 1 saturated heterocycles. The van der Waals surface area contributed by atoms with Gasteiger partial charge in [-0.3, -0.25) is 4.79 Å². The van der Waals surface area contributed by atoms with Crippen molar-refractivity contribution < 1.29 is 18.8 Å². The molecule has 3 atom stereocenters. The van der Waals surface area contributed by atoms with Gasteiger partial charge in [-0.2, -0.15) is 0 Å². The molecule has 4 nitrogen and oxygen atoms in total. The number of methoxy groups -OCH3 is 1. The molecule has 1 fully saturated rings. The number of ether oxygens (including phenoxy) is 2. The van der Waals surface area contributed by atoms with Gasteiger partial charge in [0.15, 0.2) is 0 Å². The summed E-state index contributed by atoms with van der Waals surface area (Å²) < 4.78 is 14.6. The number of carbonyl (C=O) groups is 1. The van der Waals surface area contributed by atoms with Gasteiger partial charge in [0.05, 0.1) is 12.5 Å². The lowest BCUT2D eigenvalue weighted by molar-refractivity contribution is -0.190. The number of hydrogen-bond acceptors (Lipinski definition) is 4. The molecule has 0 aromatic rings. The summed E-state index contributed by atoms with van der Waals surface area (Å²) in [6, 6.07) is 0. The summed E-state index contributed by atoms with van der Waals surface area (Å²) in [6.45, 7) is 0. The Morgan fingerprint density at radius 1 is 1.73 bits per heavy atom. The summed E-state index contributed by atoms with van der Waals surface area (Å²) in [5, 5.41) is 0. The van der Waals surface area contributed by atoms with Crippen LogP contribution in [0.3, 0.4) is 0 Å². The molecule has 0 aliphatic carbocycles. The minimum atomic E-state index is -0.443. The van der Waals surface area contributed by atoms with Gasteiger partial charge in [-0.1, -0.05) is 0 Å². The zero-order chi connectivity index (χ0) is 8.27. The first-order valence-corrected chi connectivity index (χ1v) is 3.81. The fourth-order valence-corrected chi connectivity index (χ4v) is 1.18. The first-order valence-electron chi connectivity index (χ1n) is 3.34. The maximum Gasteiger partial charge on any atom is 0.310 e. The average Bonchev–Trinajstić information content (AvgIpc) is 2.03. The first kappa shape index (κ1) is 8.91. The highest BCUT2D eigenvalue weighted by Crippen LogP contribution is 2.19. The van der Waals surface area contributed by atoms with E-state index in [2.05, 4.69) is 9.47 Å². The maximum atomic E-state index is 10.8. The van der Waals surface area contributed by atoms with Gasteiger partial charge >= 0.3 is 5.97 Å². The molecule has 0 saturated carbocycles. The molecule has 0 amide bonds. The molecule has 1 rings (SSSR count). The van der Waals surface area contributed by atoms with E-state index in [1.165, 1.54) is 7.11 Å². The summed E-state index contributed by atoms with van der Waals surface area (Å²) in [4.78, 5) is 10.8. The van der Waals surface area contributed by atoms with Gasteiger partial charge in [-0.25, -0.2) is 0 Å². The van der Waals surface area contributed by atoms with Crippen LogP contribution in [0.15, 0.2) is 0 Å². The summed E-state index contributed by atoms with van der Waals surface area (Å²) >= 11 is 0. The highest BCUT2D eigenvalue weighted by molar-refractivity contribution is 7.09. The third-order valence-corrected chi connectivity index (χ3v) is 1.95. The quantitative estimate of drug-likeness (QED) is 0.455. The number of hydrogen-bond donors (Lipinski definition) is 0. The highest BCUT2D eigenvalue weighted by atomic mass is 31.0. The van der Waals surface area contributed by atoms with Crippen LogP contribution in [0.2, 0.25) is 0 Å². The van der Waals surface area contributed by atoms with Crippen molar-refractivity contribution in [1.29, 1.82) is 0 Å². The van der Waals surface area contributed by atoms with Crippen LogP contribution in [-0.2, 0) is 18.8 Å². The molecule has 0 radical (unpaired) electrons. The van der Waals surface area contributed by atoms with Crippen molar-refractivity contribution in [1.82, 2.24) is 0 Å². The molecule has 0 aromatic carbocycles. The first-order chi connectivity index (χ1) is 5.26. The largest absolute Gasteiger partial charge is 0.436 e. The predicted molar refractivity (Wildman–Crippen MR) is 40.7 cm³/mol.